The Balaban J connectivity index is 1.62. The summed E-state index contributed by atoms with van der Waals surface area (Å²) in [5, 5.41) is 0. The Bertz CT molecular complexity index is 949. The van der Waals surface area contributed by atoms with Gasteiger partial charge in [0.15, 0.2) is 0 Å². The number of hydrogen-bond donors (Lipinski definition) is 0. The molecule has 0 saturated heterocycles. The zero-order chi connectivity index (χ0) is 20.5. The highest BCUT2D eigenvalue weighted by atomic mass is 19.1. The Morgan fingerprint density at radius 1 is 0.862 bits per heavy atom. The fourth-order valence-corrected chi connectivity index (χ4v) is 3.48. The highest BCUT2D eigenvalue weighted by Gasteiger charge is 2.08. The van der Waals surface area contributed by atoms with Gasteiger partial charge in [-0.05, 0) is 60.4 Å². The number of aryl methyl sites for hydroxylation is 1. The first-order valence-electron chi connectivity index (χ1n) is 10.4. The molecule has 0 spiro atoms. The Morgan fingerprint density at radius 3 is 2.28 bits per heavy atom. The first kappa shape index (κ1) is 20.8. The normalized spacial score (nSPS) is 12.7. The number of rotatable bonds is 8. The zero-order valence-corrected chi connectivity index (χ0v) is 17.3. The minimum Gasteiger partial charge on any atom is -0.206 e. The van der Waals surface area contributed by atoms with Gasteiger partial charge in [0.25, 0.3) is 0 Å². The van der Waals surface area contributed by atoms with Crippen LogP contribution in [0.15, 0.2) is 84.9 Å². The smallest absolute Gasteiger partial charge is 0.130 e. The topological polar surface area (TPSA) is 0 Å². The Kier molecular flexibility index (Phi) is 7.58. The maximum absolute atomic E-state index is 14.6. The number of benzene rings is 3. The molecule has 0 aromatic heterocycles. The van der Waals surface area contributed by atoms with Crippen molar-refractivity contribution in [3.05, 3.63) is 119 Å². The van der Waals surface area contributed by atoms with Crippen molar-refractivity contribution in [1.29, 1.82) is 0 Å². The average Bonchev–Trinajstić information content (AvgIpc) is 2.75. The molecular formula is C28H29F. The maximum Gasteiger partial charge on any atom is 0.130 e. The lowest BCUT2D eigenvalue weighted by atomic mass is 9.93. The Morgan fingerprint density at radius 2 is 1.59 bits per heavy atom. The summed E-state index contributed by atoms with van der Waals surface area (Å²) < 4.78 is 14.6. The van der Waals surface area contributed by atoms with Crippen molar-refractivity contribution in [3.63, 3.8) is 0 Å². The van der Waals surface area contributed by atoms with Crippen molar-refractivity contribution in [2.24, 2.45) is 0 Å². The molecule has 0 aliphatic rings. The summed E-state index contributed by atoms with van der Waals surface area (Å²) in [6.07, 6.45) is 11.0. The van der Waals surface area contributed by atoms with Crippen LogP contribution in [-0.2, 0) is 12.8 Å². The third-order valence-electron chi connectivity index (χ3n) is 5.25. The molecule has 1 atom stereocenters. The average molecular weight is 385 g/mol. The molecule has 29 heavy (non-hydrogen) atoms. The fraction of sp³-hybridized carbons (Fsp3) is 0.214. The molecule has 0 nitrogen and oxygen atoms in total. The summed E-state index contributed by atoms with van der Waals surface area (Å²) in [6.45, 7) is 4.23. The largest absolute Gasteiger partial charge is 0.206 e. The van der Waals surface area contributed by atoms with Crippen LogP contribution in [0, 0.1) is 5.82 Å². The van der Waals surface area contributed by atoms with E-state index in [1.54, 1.807) is 6.07 Å². The molecule has 3 aromatic carbocycles. The van der Waals surface area contributed by atoms with Crippen molar-refractivity contribution < 1.29 is 4.39 Å². The van der Waals surface area contributed by atoms with Crippen LogP contribution < -0.4 is 0 Å². The van der Waals surface area contributed by atoms with Crippen LogP contribution in [0.3, 0.4) is 0 Å². The molecule has 0 amide bonds. The lowest BCUT2D eigenvalue weighted by Crippen LogP contribution is -1.99. The molecule has 0 aliphatic heterocycles. The molecule has 0 bridgehead atoms. The summed E-state index contributed by atoms with van der Waals surface area (Å²) in [7, 11) is 0. The van der Waals surface area contributed by atoms with E-state index < -0.39 is 0 Å². The van der Waals surface area contributed by atoms with E-state index in [1.165, 1.54) is 11.1 Å². The van der Waals surface area contributed by atoms with Crippen molar-refractivity contribution in [2.45, 2.75) is 39.0 Å². The van der Waals surface area contributed by atoms with Crippen LogP contribution in [-0.4, -0.2) is 0 Å². The monoisotopic (exact) mass is 384 g/mol. The molecule has 0 fully saturated rings. The summed E-state index contributed by atoms with van der Waals surface area (Å²) in [4.78, 5) is 0. The van der Waals surface area contributed by atoms with Gasteiger partial charge in [0.05, 0.1) is 0 Å². The van der Waals surface area contributed by atoms with Gasteiger partial charge >= 0.3 is 0 Å². The molecule has 0 aliphatic carbocycles. The second-order valence-electron chi connectivity index (χ2n) is 7.55. The van der Waals surface area contributed by atoms with E-state index in [-0.39, 0.29) is 5.82 Å². The molecule has 1 heteroatoms. The molecular weight excluding hydrogens is 355 g/mol. The van der Waals surface area contributed by atoms with Gasteiger partial charge in [0.1, 0.15) is 5.82 Å². The van der Waals surface area contributed by atoms with Crippen LogP contribution in [0.2, 0.25) is 0 Å². The van der Waals surface area contributed by atoms with Crippen LogP contribution in [0.1, 0.15) is 54.0 Å². The zero-order valence-electron chi connectivity index (χ0n) is 17.3. The lowest BCUT2D eigenvalue weighted by Gasteiger charge is -2.12. The van der Waals surface area contributed by atoms with Crippen LogP contribution >= 0.6 is 0 Å². The number of allylic oxidation sites excluding steroid dienone is 2. The lowest BCUT2D eigenvalue weighted by molar-refractivity contribution is 0.620. The van der Waals surface area contributed by atoms with Gasteiger partial charge in [-0.3, -0.25) is 0 Å². The minimum absolute atomic E-state index is 0.165. The van der Waals surface area contributed by atoms with Crippen molar-refractivity contribution in [3.8, 4) is 0 Å². The van der Waals surface area contributed by atoms with E-state index in [2.05, 4.69) is 67.6 Å². The minimum atomic E-state index is -0.165. The van der Waals surface area contributed by atoms with Gasteiger partial charge in [-0.1, -0.05) is 98.0 Å². The summed E-state index contributed by atoms with van der Waals surface area (Å²) >= 11 is 0. The molecule has 3 aromatic rings. The van der Waals surface area contributed by atoms with E-state index in [9.17, 15) is 4.39 Å². The second kappa shape index (κ2) is 10.6. The summed E-state index contributed by atoms with van der Waals surface area (Å²) in [5.74, 6) is 0.199. The molecule has 0 saturated carbocycles. The van der Waals surface area contributed by atoms with Gasteiger partial charge < -0.3 is 0 Å². The van der Waals surface area contributed by atoms with Gasteiger partial charge in [0.2, 0.25) is 0 Å². The highest BCUT2D eigenvalue weighted by Crippen LogP contribution is 2.22. The number of halogens is 1. The van der Waals surface area contributed by atoms with Crippen molar-refractivity contribution in [1.82, 2.24) is 0 Å². The van der Waals surface area contributed by atoms with E-state index in [1.807, 2.05) is 37.3 Å². The van der Waals surface area contributed by atoms with E-state index in [0.29, 0.717) is 11.5 Å². The first-order valence-corrected chi connectivity index (χ1v) is 10.4. The highest BCUT2D eigenvalue weighted by molar-refractivity contribution is 5.70. The quantitative estimate of drug-likeness (QED) is 0.274. The van der Waals surface area contributed by atoms with Crippen LogP contribution in [0.4, 0.5) is 4.39 Å². The standard InChI is InChI=1S/C28H29F/c1-3-4-6-9-23-12-14-24(15-13-23)16-18-27-19-17-25(21-28(27)29)20-22(2)26-10-7-5-8-11-26/h3-5,7-8,10-19,21-22H,6,9,20H2,1-2H3/b4-3+,18-16?/t22-/m0/s1. The molecule has 0 unspecified atom stereocenters. The molecule has 3 rings (SSSR count). The molecule has 0 heterocycles. The Hall–Kier alpha value is -2.93. The third kappa shape index (κ3) is 6.29. The van der Waals surface area contributed by atoms with E-state index in [0.717, 1.165) is 30.4 Å². The van der Waals surface area contributed by atoms with Crippen LogP contribution in [0.5, 0.6) is 0 Å². The third-order valence-corrected chi connectivity index (χ3v) is 5.25. The predicted molar refractivity (Wildman–Crippen MR) is 123 cm³/mol. The predicted octanol–water partition coefficient (Wildman–Crippen LogP) is 7.85. The number of hydrogen-bond acceptors (Lipinski definition) is 0. The van der Waals surface area contributed by atoms with Gasteiger partial charge in [0, 0.05) is 5.56 Å². The first-order chi connectivity index (χ1) is 14.2. The fourth-order valence-electron chi connectivity index (χ4n) is 3.48. The molecule has 148 valence electrons. The van der Waals surface area contributed by atoms with Gasteiger partial charge in [-0.15, -0.1) is 0 Å². The summed E-state index contributed by atoms with van der Waals surface area (Å²) in [5.41, 5.74) is 5.34. The van der Waals surface area contributed by atoms with Gasteiger partial charge in [-0.2, -0.15) is 0 Å². The van der Waals surface area contributed by atoms with E-state index in [4.69, 9.17) is 0 Å². The second-order valence-corrected chi connectivity index (χ2v) is 7.55. The molecule has 0 radical (unpaired) electrons. The SMILES string of the molecule is C/C=C/CCc1ccc(C=Cc2ccc(C[C@H](C)c3ccccc3)cc2F)cc1. The van der Waals surface area contributed by atoms with E-state index >= 15 is 0 Å². The van der Waals surface area contributed by atoms with Crippen molar-refractivity contribution >= 4 is 12.2 Å². The van der Waals surface area contributed by atoms with Crippen LogP contribution in [0.25, 0.3) is 12.2 Å². The van der Waals surface area contributed by atoms with Gasteiger partial charge in [-0.25, -0.2) is 4.39 Å². The summed E-state index contributed by atoms with van der Waals surface area (Å²) in [6, 6.07) is 24.4. The maximum atomic E-state index is 14.6. The molecule has 0 N–H and O–H groups in total. The van der Waals surface area contributed by atoms with Crippen molar-refractivity contribution in [2.75, 3.05) is 0 Å². The Labute approximate surface area is 174 Å².